The fourth-order valence-corrected chi connectivity index (χ4v) is 1.96. The molecule has 0 radical (unpaired) electrons. The summed E-state index contributed by atoms with van der Waals surface area (Å²) in [4.78, 5) is 2.73. The third kappa shape index (κ3) is 2.01. The molecule has 0 aliphatic carbocycles. The number of aryl methyl sites for hydroxylation is 1. The first-order chi connectivity index (χ1) is 7.31. The Morgan fingerprint density at radius 2 is 2.53 bits per heavy atom. The number of rotatable bonds is 3. The molecule has 6 heteroatoms. The highest BCUT2D eigenvalue weighted by molar-refractivity contribution is 7.08. The van der Waals surface area contributed by atoms with Gasteiger partial charge in [-0.25, -0.2) is 0 Å². The van der Waals surface area contributed by atoms with Crippen LogP contribution in [0, 0.1) is 0 Å². The van der Waals surface area contributed by atoms with Crippen molar-refractivity contribution < 1.29 is 0 Å². The summed E-state index contributed by atoms with van der Waals surface area (Å²) in [5, 5.41) is 11.9. The predicted octanol–water partition coefficient (Wildman–Crippen LogP) is 2.96. The topological polar surface area (TPSA) is 66.6 Å². The largest absolute Gasteiger partial charge is 0.272 e. The van der Waals surface area contributed by atoms with Crippen molar-refractivity contribution in [2.24, 2.45) is 12.2 Å². The van der Waals surface area contributed by atoms with E-state index in [0.717, 1.165) is 17.0 Å². The second kappa shape index (κ2) is 4.16. The van der Waals surface area contributed by atoms with Crippen LogP contribution in [0.3, 0.4) is 0 Å². The van der Waals surface area contributed by atoms with Gasteiger partial charge in [-0.05, 0) is 23.0 Å². The van der Waals surface area contributed by atoms with Crippen molar-refractivity contribution in [1.29, 1.82) is 0 Å². The van der Waals surface area contributed by atoms with E-state index in [1.165, 1.54) is 0 Å². The SMILES string of the molecule is Cn1nc(-c2ccsc2)cc1CN=[N+]=[N-]. The summed E-state index contributed by atoms with van der Waals surface area (Å²) in [6, 6.07) is 3.96. The molecule has 0 bridgehead atoms. The Kier molecular flexibility index (Phi) is 2.71. The molecule has 2 heterocycles. The normalized spacial score (nSPS) is 9.93. The molecule has 0 atom stereocenters. The minimum Gasteiger partial charge on any atom is -0.272 e. The third-order valence-corrected chi connectivity index (χ3v) is 2.77. The van der Waals surface area contributed by atoms with Crippen LogP contribution >= 0.6 is 11.3 Å². The van der Waals surface area contributed by atoms with E-state index in [1.807, 2.05) is 29.9 Å². The van der Waals surface area contributed by atoms with Gasteiger partial charge in [0, 0.05) is 28.6 Å². The van der Waals surface area contributed by atoms with Crippen molar-refractivity contribution in [3.8, 4) is 11.3 Å². The number of thiophene rings is 1. The van der Waals surface area contributed by atoms with Crippen molar-refractivity contribution in [3.05, 3.63) is 39.0 Å². The van der Waals surface area contributed by atoms with Crippen LogP contribution in [0.5, 0.6) is 0 Å². The minimum absolute atomic E-state index is 0.337. The molecule has 76 valence electrons. The van der Waals surface area contributed by atoms with Crippen LogP contribution in [-0.4, -0.2) is 9.78 Å². The Balaban J connectivity index is 2.32. The minimum atomic E-state index is 0.337. The second-order valence-electron chi connectivity index (χ2n) is 3.05. The maximum atomic E-state index is 8.24. The van der Waals surface area contributed by atoms with Gasteiger partial charge in [0.05, 0.1) is 12.2 Å². The van der Waals surface area contributed by atoms with Gasteiger partial charge in [0.15, 0.2) is 0 Å². The van der Waals surface area contributed by atoms with E-state index in [0.29, 0.717) is 6.54 Å². The Morgan fingerprint density at radius 1 is 1.67 bits per heavy atom. The molecule has 0 saturated carbocycles. The van der Waals surface area contributed by atoms with Gasteiger partial charge in [-0.15, -0.1) is 0 Å². The zero-order chi connectivity index (χ0) is 10.7. The maximum Gasteiger partial charge on any atom is 0.0934 e. The lowest BCUT2D eigenvalue weighted by atomic mass is 10.2. The van der Waals surface area contributed by atoms with Gasteiger partial charge >= 0.3 is 0 Å². The van der Waals surface area contributed by atoms with E-state index in [2.05, 4.69) is 15.1 Å². The van der Waals surface area contributed by atoms with Crippen molar-refractivity contribution >= 4 is 11.3 Å². The third-order valence-electron chi connectivity index (χ3n) is 2.09. The highest BCUT2D eigenvalue weighted by atomic mass is 32.1. The van der Waals surface area contributed by atoms with E-state index in [9.17, 15) is 0 Å². The Morgan fingerprint density at radius 3 is 3.20 bits per heavy atom. The van der Waals surface area contributed by atoms with E-state index in [1.54, 1.807) is 16.0 Å². The van der Waals surface area contributed by atoms with Gasteiger partial charge in [0.1, 0.15) is 0 Å². The van der Waals surface area contributed by atoms with Gasteiger partial charge < -0.3 is 0 Å². The fraction of sp³-hybridized carbons (Fsp3) is 0.222. The average molecular weight is 219 g/mol. The summed E-state index contributed by atoms with van der Waals surface area (Å²) >= 11 is 1.64. The lowest BCUT2D eigenvalue weighted by Crippen LogP contribution is -1.95. The Labute approximate surface area is 90.6 Å². The molecule has 5 nitrogen and oxygen atoms in total. The predicted molar refractivity (Wildman–Crippen MR) is 59.4 cm³/mol. The lowest BCUT2D eigenvalue weighted by molar-refractivity contribution is 0.713. The van der Waals surface area contributed by atoms with Crippen LogP contribution in [-0.2, 0) is 13.6 Å². The molecular weight excluding hydrogens is 210 g/mol. The molecule has 0 aromatic carbocycles. The first-order valence-electron chi connectivity index (χ1n) is 4.37. The molecule has 0 aliphatic rings. The monoisotopic (exact) mass is 219 g/mol. The van der Waals surface area contributed by atoms with E-state index < -0.39 is 0 Å². The van der Waals surface area contributed by atoms with Crippen LogP contribution in [0.4, 0.5) is 0 Å². The molecule has 2 rings (SSSR count). The summed E-state index contributed by atoms with van der Waals surface area (Å²) in [6.07, 6.45) is 0. The van der Waals surface area contributed by atoms with Crippen LogP contribution in [0.2, 0.25) is 0 Å². The van der Waals surface area contributed by atoms with Crippen LogP contribution in [0.25, 0.3) is 21.7 Å². The number of nitrogens with zero attached hydrogens (tertiary/aromatic N) is 5. The Hall–Kier alpha value is -1.78. The lowest BCUT2D eigenvalue weighted by Gasteiger charge is -1.93. The van der Waals surface area contributed by atoms with Crippen molar-refractivity contribution in [3.63, 3.8) is 0 Å². The van der Waals surface area contributed by atoms with E-state index in [4.69, 9.17) is 5.53 Å². The molecule has 0 fully saturated rings. The zero-order valence-corrected chi connectivity index (χ0v) is 8.98. The molecule has 0 unspecified atom stereocenters. The van der Waals surface area contributed by atoms with Crippen LogP contribution < -0.4 is 0 Å². The zero-order valence-electron chi connectivity index (χ0n) is 8.16. The average Bonchev–Trinajstić information content (AvgIpc) is 2.83. The molecule has 0 saturated heterocycles. The van der Waals surface area contributed by atoms with Crippen LogP contribution in [0.1, 0.15) is 5.69 Å². The Bertz CT molecular complexity index is 493. The van der Waals surface area contributed by atoms with Crippen molar-refractivity contribution in [1.82, 2.24) is 9.78 Å². The molecule has 2 aromatic heterocycles. The number of hydrogen-bond acceptors (Lipinski definition) is 3. The molecule has 0 N–H and O–H groups in total. The van der Waals surface area contributed by atoms with E-state index >= 15 is 0 Å². The number of azide groups is 1. The molecule has 0 aliphatic heterocycles. The van der Waals surface area contributed by atoms with E-state index in [-0.39, 0.29) is 0 Å². The standard InChI is InChI=1S/C9H9N5S/c1-14-8(5-11-13-10)4-9(12-14)7-2-3-15-6-7/h2-4,6H,5H2,1H3. The highest BCUT2D eigenvalue weighted by Crippen LogP contribution is 2.21. The molecule has 2 aromatic rings. The summed E-state index contributed by atoms with van der Waals surface area (Å²) < 4.78 is 1.74. The van der Waals surface area contributed by atoms with Gasteiger partial charge in [-0.1, -0.05) is 5.11 Å². The van der Waals surface area contributed by atoms with Crippen LogP contribution in [0.15, 0.2) is 28.0 Å². The summed E-state index contributed by atoms with van der Waals surface area (Å²) in [7, 11) is 1.85. The highest BCUT2D eigenvalue weighted by Gasteiger charge is 2.06. The van der Waals surface area contributed by atoms with Gasteiger partial charge in [0.2, 0.25) is 0 Å². The first kappa shape index (κ1) is 9.76. The molecule has 0 amide bonds. The summed E-state index contributed by atoms with van der Waals surface area (Å²) in [6.45, 7) is 0.337. The quantitative estimate of drug-likeness (QED) is 0.444. The first-order valence-corrected chi connectivity index (χ1v) is 5.32. The van der Waals surface area contributed by atoms with Crippen molar-refractivity contribution in [2.45, 2.75) is 6.54 Å². The summed E-state index contributed by atoms with van der Waals surface area (Å²) in [5.74, 6) is 0. The van der Waals surface area contributed by atoms with Crippen molar-refractivity contribution in [2.75, 3.05) is 0 Å². The smallest absolute Gasteiger partial charge is 0.0934 e. The maximum absolute atomic E-state index is 8.24. The van der Waals surface area contributed by atoms with Gasteiger partial charge in [-0.2, -0.15) is 16.4 Å². The second-order valence-corrected chi connectivity index (χ2v) is 3.83. The van der Waals surface area contributed by atoms with Gasteiger partial charge in [0.25, 0.3) is 0 Å². The molecule has 15 heavy (non-hydrogen) atoms. The number of aromatic nitrogens is 2. The number of hydrogen-bond donors (Lipinski definition) is 0. The molecular formula is C9H9N5S. The van der Waals surface area contributed by atoms with Gasteiger partial charge in [-0.3, -0.25) is 4.68 Å². The molecule has 0 spiro atoms. The fourth-order valence-electron chi connectivity index (χ4n) is 1.31. The summed E-state index contributed by atoms with van der Waals surface area (Å²) in [5.41, 5.74) is 11.2.